The smallest absolute Gasteiger partial charge is 0.186 e. The van der Waals surface area contributed by atoms with Crippen LogP contribution < -0.4 is 0 Å². The summed E-state index contributed by atoms with van der Waals surface area (Å²) in [5, 5.41) is 139. The summed E-state index contributed by atoms with van der Waals surface area (Å²) < 4.78 is 34.7. The number of aliphatic hydroxyl groups is 13. The van der Waals surface area contributed by atoms with Gasteiger partial charge in [-0.3, -0.25) is 0 Å². The lowest BCUT2D eigenvalue weighted by Crippen LogP contribution is -2.62. The molecule has 366 valence electrons. The van der Waals surface area contributed by atoms with E-state index < -0.39 is 130 Å². The zero-order valence-electron chi connectivity index (χ0n) is 37.1. The van der Waals surface area contributed by atoms with Crippen molar-refractivity contribution in [2.45, 2.75) is 203 Å². The van der Waals surface area contributed by atoms with Crippen molar-refractivity contribution in [1.82, 2.24) is 0 Å². The monoisotopic (exact) mass is 908 g/mol. The summed E-state index contributed by atoms with van der Waals surface area (Å²) in [5.74, 6) is -0.0232. The summed E-state index contributed by atoms with van der Waals surface area (Å²) in [4.78, 5) is 0. The first kappa shape index (κ1) is 50.1. The molecule has 7 aliphatic rings. The lowest BCUT2D eigenvalue weighted by Gasteiger charge is -2.62. The predicted octanol–water partition coefficient (Wildman–Crippen LogP) is -2.54. The van der Waals surface area contributed by atoms with Gasteiger partial charge in [-0.1, -0.05) is 34.6 Å². The molecule has 0 aromatic heterocycles. The molecule has 0 aromatic rings. The molecule has 19 nitrogen and oxygen atoms in total. The second-order valence-electron chi connectivity index (χ2n) is 21.1. The first-order valence-corrected chi connectivity index (χ1v) is 23.3. The number of hydrogen-bond donors (Lipinski definition) is 13. The SMILES string of the molecule is CC(C)C(OC1OCC(O)C(O)C1O)C(O)CC(C)C1C(O)CC2C3CC(O)C4CC(OC5OC(COC6OC(CO)C(O)C(O)C6O)C(O)C(O)C5O)CCC4(C)C3CCC21C. The minimum Gasteiger partial charge on any atom is -0.394 e. The summed E-state index contributed by atoms with van der Waals surface area (Å²) >= 11 is 0. The average Bonchev–Trinajstić information content (AvgIpc) is 3.52. The van der Waals surface area contributed by atoms with E-state index >= 15 is 0 Å². The van der Waals surface area contributed by atoms with Gasteiger partial charge in [0.1, 0.15) is 67.1 Å². The van der Waals surface area contributed by atoms with Gasteiger partial charge in [0, 0.05) is 0 Å². The molecule has 0 bridgehead atoms. The highest BCUT2D eigenvalue weighted by atomic mass is 16.7. The van der Waals surface area contributed by atoms with Crippen molar-refractivity contribution in [3.63, 3.8) is 0 Å². The van der Waals surface area contributed by atoms with E-state index in [1.807, 2.05) is 13.8 Å². The van der Waals surface area contributed by atoms with E-state index in [0.29, 0.717) is 38.5 Å². The molecule has 7 rings (SSSR count). The molecule has 3 aliphatic heterocycles. The number of fused-ring (bicyclic) bond motifs is 5. The molecule has 27 atom stereocenters. The predicted molar refractivity (Wildman–Crippen MR) is 217 cm³/mol. The van der Waals surface area contributed by atoms with Crippen molar-refractivity contribution in [3.8, 4) is 0 Å². The van der Waals surface area contributed by atoms with E-state index in [4.69, 9.17) is 28.4 Å². The number of ether oxygens (including phenoxy) is 6. The third kappa shape index (κ3) is 9.40. The van der Waals surface area contributed by atoms with Crippen LogP contribution in [0.1, 0.15) is 86.0 Å². The Morgan fingerprint density at radius 1 is 0.619 bits per heavy atom. The fraction of sp³-hybridized carbons (Fsp3) is 1.00. The highest BCUT2D eigenvalue weighted by molar-refractivity contribution is 5.13. The van der Waals surface area contributed by atoms with E-state index in [9.17, 15) is 66.4 Å². The van der Waals surface area contributed by atoms with Gasteiger partial charge in [0.05, 0.1) is 50.3 Å². The van der Waals surface area contributed by atoms with E-state index in [1.54, 1.807) is 0 Å². The second kappa shape index (κ2) is 19.7. The van der Waals surface area contributed by atoms with Crippen LogP contribution in [0.5, 0.6) is 0 Å². The summed E-state index contributed by atoms with van der Waals surface area (Å²) in [6.07, 6.45) is -19.2. The summed E-state index contributed by atoms with van der Waals surface area (Å²) in [6, 6.07) is 0. The van der Waals surface area contributed by atoms with Gasteiger partial charge in [0.25, 0.3) is 0 Å². The van der Waals surface area contributed by atoms with E-state index in [2.05, 4.69) is 20.8 Å². The highest BCUT2D eigenvalue weighted by Gasteiger charge is 2.65. The Morgan fingerprint density at radius 2 is 1.24 bits per heavy atom. The molecule has 7 fully saturated rings. The molecule has 0 radical (unpaired) electrons. The van der Waals surface area contributed by atoms with Crippen molar-refractivity contribution < 1.29 is 94.8 Å². The van der Waals surface area contributed by atoms with Crippen LogP contribution in [0.15, 0.2) is 0 Å². The Labute approximate surface area is 368 Å². The molecular weight excluding hydrogens is 832 g/mol. The Morgan fingerprint density at radius 3 is 1.90 bits per heavy atom. The molecule has 0 spiro atoms. The fourth-order valence-corrected chi connectivity index (χ4v) is 13.6. The van der Waals surface area contributed by atoms with Gasteiger partial charge in [0.2, 0.25) is 0 Å². The molecule has 4 saturated carbocycles. The maximum absolute atomic E-state index is 12.0. The van der Waals surface area contributed by atoms with Crippen LogP contribution in [-0.2, 0) is 28.4 Å². The summed E-state index contributed by atoms with van der Waals surface area (Å²) in [6.45, 7) is 8.97. The molecule has 13 N–H and O–H groups in total. The maximum atomic E-state index is 12.0. The van der Waals surface area contributed by atoms with Crippen molar-refractivity contribution in [3.05, 3.63) is 0 Å². The molecular formula is C44H76O19. The number of aliphatic hydroxyl groups excluding tert-OH is 13. The zero-order valence-corrected chi connectivity index (χ0v) is 37.1. The molecule has 27 unspecified atom stereocenters. The molecule has 3 saturated heterocycles. The molecule has 3 heterocycles. The topological polar surface area (TPSA) is 318 Å². The Bertz CT molecular complexity index is 1490. The Hall–Kier alpha value is -0.760. The van der Waals surface area contributed by atoms with Crippen LogP contribution in [-0.4, -0.2) is 203 Å². The third-order valence-corrected chi connectivity index (χ3v) is 17.0. The van der Waals surface area contributed by atoms with Gasteiger partial charge < -0.3 is 94.8 Å². The van der Waals surface area contributed by atoms with Crippen molar-refractivity contribution in [2.24, 2.45) is 52.3 Å². The van der Waals surface area contributed by atoms with Gasteiger partial charge in [-0.15, -0.1) is 0 Å². The largest absolute Gasteiger partial charge is 0.394 e. The normalized spacial score (nSPS) is 53.0. The first-order valence-electron chi connectivity index (χ1n) is 23.3. The standard InChI is InChI=1S/C44H76O19/c1-17(2)39(63-41-36(55)31(50)27(49)15-58-41)26(48)10-18(3)30-25(47)13-22-20-12-24(46)23-11-19(6-8-43(23,4)21(20)7-9-44(22,30)5)60-42-38(57)35(54)33(52)29(62-42)16-59-40-37(56)34(53)32(51)28(14-45)61-40/h17-42,45-57H,6-16H2,1-5H3. The lowest BCUT2D eigenvalue weighted by molar-refractivity contribution is -0.338. The zero-order chi connectivity index (χ0) is 46.0. The van der Waals surface area contributed by atoms with Crippen LogP contribution in [0.2, 0.25) is 0 Å². The molecule has 63 heavy (non-hydrogen) atoms. The van der Waals surface area contributed by atoms with Gasteiger partial charge >= 0.3 is 0 Å². The first-order chi connectivity index (χ1) is 29.6. The van der Waals surface area contributed by atoms with Crippen molar-refractivity contribution >= 4 is 0 Å². The Kier molecular flexibility index (Phi) is 15.7. The fourth-order valence-electron chi connectivity index (χ4n) is 13.6. The quantitative estimate of drug-likeness (QED) is 0.0847. The van der Waals surface area contributed by atoms with Crippen LogP contribution >= 0.6 is 0 Å². The number of hydrogen-bond acceptors (Lipinski definition) is 19. The molecule has 19 heteroatoms. The third-order valence-electron chi connectivity index (χ3n) is 17.0. The van der Waals surface area contributed by atoms with Crippen molar-refractivity contribution in [1.29, 1.82) is 0 Å². The van der Waals surface area contributed by atoms with Crippen molar-refractivity contribution in [2.75, 3.05) is 19.8 Å². The van der Waals surface area contributed by atoms with Gasteiger partial charge in [-0.2, -0.15) is 0 Å². The van der Waals surface area contributed by atoms with E-state index in [1.165, 1.54) is 0 Å². The average molecular weight is 909 g/mol. The molecule has 0 aromatic carbocycles. The van der Waals surface area contributed by atoms with Crippen LogP contribution in [0.3, 0.4) is 0 Å². The van der Waals surface area contributed by atoms with Gasteiger partial charge in [-0.25, -0.2) is 0 Å². The van der Waals surface area contributed by atoms with Crippen LogP contribution in [0.4, 0.5) is 0 Å². The number of rotatable bonds is 13. The summed E-state index contributed by atoms with van der Waals surface area (Å²) in [7, 11) is 0. The van der Waals surface area contributed by atoms with Gasteiger partial charge in [0.15, 0.2) is 18.9 Å². The molecule has 4 aliphatic carbocycles. The minimum atomic E-state index is -1.69. The van der Waals surface area contributed by atoms with Gasteiger partial charge in [-0.05, 0) is 104 Å². The lowest BCUT2D eigenvalue weighted by atomic mass is 9.43. The maximum Gasteiger partial charge on any atom is 0.186 e. The minimum absolute atomic E-state index is 0.115. The second-order valence-corrected chi connectivity index (χ2v) is 21.1. The summed E-state index contributed by atoms with van der Waals surface area (Å²) in [5.41, 5.74) is -0.516. The van der Waals surface area contributed by atoms with E-state index in [-0.39, 0.29) is 58.9 Å². The van der Waals surface area contributed by atoms with Crippen LogP contribution in [0.25, 0.3) is 0 Å². The van der Waals surface area contributed by atoms with Crippen LogP contribution in [0, 0.1) is 52.3 Å². The highest BCUT2D eigenvalue weighted by Crippen LogP contribution is 2.68. The van der Waals surface area contributed by atoms with E-state index in [0.717, 1.165) is 12.8 Å². The Balaban J connectivity index is 0.967. The molecule has 0 amide bonds.